The Hall–Kier alpha value is -5.16. The molecule has 0 bridgehead atoms. The van der Waals surface area contributed by atoms with E-state index in [1.54, 1.807) is 0 Å². The number of hydrogen-bond donors (Lipinski definition) is 0. The molecule has 4 saturated carbocycles. The largest absolute Gasteiger partial charge is 0.491 e. The SMILES string of the molecule is CCCCCCCCN(CCCCCCCC)C(=O)CC[C@@H](C)[C@H]1CC[C@H]2[C@@H]3[C@H](OC(C)=O)C[C@@H]4C[C@H](OC(=O)c5ccc(OC(=O)C(F)(F)F)cc5)CC[C@]4(C)[C@H]3C[C@H](OC(=O)c3ccc(OC(=O)C(F)(F)F)cc3)[C@]12C. The highest BCUT2D eigenvalue weighted by Crippen LogP contribution is 2.69. The summed E-state index contributed by atoms with van der Waals surface area (Å²) in [6, 6.07) is 9.29. The molecule has 4 aliphatic carbocycles. The lowest BCUT2D eigenvalue weighted by molar-refractivity contribution is -0.216. The van der Waals surface area contributed by atoms with E-state index in [1.165, 1.54) is 69.7 Å². The van der Waals surface area contributed by atoms with Gasteiger partial charge in [-0.25, -0.2) is 19.2 Å². The minimum atomic E-state index is -5.22. The van der Waals surface area contributed by atoms with Crippen LogP contribution in [0.15, 0.2) is 48.5 Å². The molecule has 0 spiro atoms. The van der Waals surface area contributed by atoms with E-state index in [4.69, 9.17) is 14.2 Å². The Morgan fingerprint density at radius 1 is 0.628 bits per heavy atom. The van der Waals surface area contributed by atoms with Gasteiger partial charge in [-0.1, -0.05) is 98.8 Å². The molecule has 0 aliphatic heterocycles. The van der Waals surface area contributed by atoms with E-state index in [-0.39, 0.29) is 52.5 Å². The number of amides is 1. The van der Waals surface area contributed by atoms with Crippen LogP contribution < -0.4 is 9.47 Å². The highest BCUT2D eigenvalue weighted by Gasteiger charge is 2.68. The summed E-state index contributed by atoms with van der Waals surface area (Å²) in [4.78, 5) is 80.1. The Morgan fingerprint density at radius 3 is 1.63 bits per heavy atom. The Morgan fingerprint density at radius 2 is 1.13 bits per heavy atom. The van der Waals surface area contributed by atoms with Crippen LogP contribution in [0, 0.1) is 46.3 Å². The number of rotatable bonds is 25. The van der Waals surface area contributed by atoms with Gasteiger partial charge < -0.3 is 28.6 Å². The number of hydrogen-bond acceptors (Lipinski definition) is 11. The van der Waals surface area contributed by atoms with Gasteiger partial charge in [-0.2, -0.15) is 26.3 Å². The van der Waals surface area contributed by atoms with Crippen LogP contribution in [0.1, 0.15) is 197 Å². The minimum absolute atomic E-state index is 0.0181. The molecule has 0 aromatic heterocycles. The van der Waals surface area contributed by atoms with Gasteiger partial charge in [0.2, 0.25) is 5.91 Å². The highest BCUT2D eigenvalue weighted by atomic mass is 19.4. The van der Waals surface area contributed by atoms with E-state index < -0.39 is 82.8 Å². The molecule has 2 aromatic carbocycles. The molecule has 4 fully saturated rings. The van der Waals surface area contributed by atoms with Crippen LogP contribution in [0.2, 0.25) is 0 Å². The van der Waals surface area contributed by atoms with Gasteiger partial charge >= 0.3 is 42.2 Å². The van der Waals surface area contributed by atoms with Gasteiger partial charge in [-0.05, 0) is 148 Å². The minimum Gasteiger partial charge on any atom is -0.462 e. The van der Waals surface area contributed by atoms with Crippen LogP contribution in [0.5, 0.6) is 11.5 Å². The predicted molar refractivity (Wildman–Crippen MR) is 278 cm³/mol. The molecular weight excluding hydrogens is 1020 g/mol. The van der Waals surface area contributed by atoms with E-state index in [0.717, 1.165) is 88.7 Å². The zero-order valence-corrected chi connectivity index (χ0v) is 46.3. The first-order chi connectivity index (χ1) is 36.9. The first-order valence-corrected chi connectivity index (χ1v) is 28.6. The highest BCUT2D eigenvalue weighted by molar-refractivity contribution is 5.90. The molecule has 434 valence electrons. The first kappa shape index (κ1) is 62.0. The maximum absolute atomic E-state index is 14.4. The number of carbonyl (C=O) groups is 6. The number of carbonyl (C=O) groups excluding carboxylic acids is 6. The second-order valence-corrected chi connectivity index (χ2v) is 23.1. The van der Waals surface area contributed by atoms with Gasteiger partial charge in [0.15, 0.2) is 0 Å². The van der Waals surface area contributed by atoms with Gasteiger partial charge in [-0.3, -0.25) is 9.59 Å². The molecule has 6 rings (SSSR count). The number of fused-ring (bicyclic) bond motifs is 5. The van der Waals surface area contributed by atoms with Crippen molar-refractivity contribution in [1.82, 2.24) is 4.90 Å². The fourth-order valence-electron chi connectivity index (χ4n) is 14.0. The van der Waals surface area contributed by atoms with E-state index in [0.29, 0.717) is 44.9 Å². The summed E-state index contributed by atoms with van der Waals surface area (Å²) in [5.74, 6) is -7.86. The lowest BCUT2D eigenvalue weighted by Gasteiger charge is -2.64. The Bertz CT molecular complexity index is 2330. The fraction of sp³-hybridized carbons (Fsp3) is 0.700. The Balaban J connectivity index is 1.24. The van der Waals surface area contributed by atoms with Gasteiger partial charge in [0.1, 0.15) is 29.8 Å². The molecule has 18 heteroatoms. The van der Waals surface area contributed by atoms with Gasteiger partial charge in [-0.15, -0.1) is 0 Å². The lowest BCUT2D eigenvalue weighted by atomic mass is 9.43. The van der Waals surface area contributed by atoms with Crippen molar-refractivity contribution in [2.75, 3.05) is 13.1 Å². The van der Waals surface area contributed by atoms with Crippen LogP contribution in [-0.4, -0.2) is 84.4 Å². The van der Waals surface area contributed by atoms with Crippen molar-refractivity contribution in [3.63, 3.8) is 0 Å². The molecule has 1 amide bonds. The summed E-state index contributed by atoms with van der Waals surface area (Å²) in [7, 11) is 0. The van der Waals surface area contributed by atoms with Crippen molar-refractivity contribution in [3.8, 4) is 11.5 Å². The van der Waals surface area contributed by atoms with Crippen molar-refractivity contribution < 1.29 is 78.8 Å². The third kappa shape index (κ3) is 15.6. The molecule has 78 heavy (non-hydrogen) atoms. The fourth-order valence-corrected chi connectivity index (χ4v) is 14.0. The van der Waals surface area contributed by atoms with Gasteiger partial charge in [0.25, 0.3) is 0 Å². The second-order valence-electron chi connectivity index (χ2n) is 23.1. The number of esters is 5. The average molecular weight is 1110 g/mol. The summed E-state index contributed by atoms with van der Waals surface area (Å²) < 4.78 is 105. The molecule has 0 unspecified atom stereocenters. The van der Waals surface area contributed by atoms with Gasteiger partial charge in [0.05, 0.1) is 11.1 Å². The zero-order valence-electron chi connectivity index (χ0n) is 46.3. The standard InChI is InChI=1S/C60H81F6NO11/c1-7-9-11-13-15-17-33-67(34-18-16-14-12-10-8-2)51(69)30-19-38(3)46-28-29-47-52-48(37-50(58(46,47)6)78-54(71)41-22-26-44(27-23-41)77-56(73)60(64,65)66)57(5)32-31-45(35-42(57)36-49(52)74-39(4)68)75-53(70)40-20-24-43(25-21-40)76-55(72)59(61,62)63/h20-27,38,42,45-50,52H,7-19,28-37H2,1-6H3/t38-,42+,45-,46-,47+,48+,49-,50+,52+,57+,58-/m1/s1. The molecule has 11 atom stereocenters. The van der Waals surface area contributed by atoms with Crippen molar-refractivity contribution >= 4 is 35.8 Å². The third-order valence-electron chi connectivity index (χ3n) is 18.1. The number of benzene rings is 2. The second kappa shape index (κ2) is 27.3. The number of unbranched alkanes of at least 4 members (excludes halogenated alkanes) is 10. The molecule has 0 heterocycles. The first-order valence-electron chi connectivity index (χ1n) is 28.6. The molecule has 0 radical (unpaired) electrons. The summed E-state index contributed by atoms with van der Waals surface area (Å²) in [5, 5.41) is 0. The van der Waals surface area contributed by atoms with E-state index in [1.807, 2.05) is 0 Å². The maximum atomic E-state index is 14.4. The predicted octanol–water partition coefficient (Wildman–Crippen LogP) is 14.1. The van der Waals surface area contributed by atoms with E-state index in [2.05, 4.69) is 49.0 Å². The van der Waals surface area contributed by atoms with Crippen molar-refractivity contribution in [1.29, 1.82) is 0 Å². The Labute approximate surface area is 455 Å². The number of ether oxygens (including phenoxy) is 5. The van der Waals surface area contributed by atoms with Crippen molar-refractivity contribution in [2.45, 2.75) is 207 Å². The van der Waals surface area contributed by atoms with Crippen LogP contribution in [0.25, 0.3) is 0 Å². The van der Waals surface area contributed by atoms with E-state index in [9.17, 15) is 55.1 Å². The summed E-state index contributed by atoms with van der Waals surface area (Å²) in [5.41, 5.74) is -1.01. The van der Waals surface area contributed by atoms with Gasteiger partial charge in [0, 0.05) is 37.8 Å². The normalized spacial score (nSPS) is 27.0. The quantitative estimate of drug-likeness (QED) is 0.0307. The number of halogens is 6. The van der Waals surface area contributed by atoms with Crippen LogP contribution in [0.3, 0.4) is 0 Å². The average Bonchev–Trinajstić information content (AvgIpc) is 3.98. The molecule has 4 aliphatic rings. The maximum Gasteiger partial charge on any atom is 0.491 e. The van der Waals surface area contributed by atoms with Crippen LogP contribution in [-0.2, 0) is 33.4 Å². The summed E-state index contributed by atoms with van der Waals surface area (Å²) in [6.07, 6.45) is 6.11. The van der Waals surface area contributed by atoms with E-state index >= 15 is 0 Å². The zero-order chi connectivity index (χ0) is 57.0. The molecule has 0 saturated heterocycles. The van der Waals surface area contributed by atoms with Crippen molar-refractivity contribution in [3.05, 3.63) is 59.7 Å². The Kier molecular flexibility index (Phi) is 21.7. The summed E-state index contributed by atoms with van der Waals surface area (Å²) in [6.45, 7) is 13.8. The molecule has 2 aromatic rings. The third-order valence-corrected chi connectivity index (χ3v) is 18.1. The van der Waals surface area contributed by atoms with Crippen LogP contribution in [0.4, 0.5) is 26.3 Å². The van der Waals surface area contributed by atoms with Crippen molar-refractivity contribution in [2.24, 2.45) is 46.3 Å². The van der Waals surface area contributed by atoms with Crippen LogP contribution >= 0.6 is 0 Å². The lowest BCUT2D eigenvalue weighted by Crippen LogP contribution is -2.63. The smallest absolute Gasteiger partial charge is 0.462 e. The molecule has 0 N–H and O–H groups in total. The number of nitrogens with zero attached hydrogens (tertiary/aromatic N) is 1. The molecule has 12 nitrogen and oxygen atoms in total. The number of alkyl halides is 6. The molecular formula is C60H81F6NO11. The monoisotopic (exact) mass is 1110 g/mol. The topological polar surface area (TPSA) is 152 Å². The summed E-state index contributed by atoms with van der Waals surface area (Å²) >= 11 is 0.